The predicted molar refractivity (Wildman–Crippen MR) is 110 cm³/mol. The monoisotopic (exact) mass is 375 g/mol. The molecule has 0 aliphatic carbocycles. The molecule has 2 aromatic heterocycles. The molecule has 2 N–H and O–H groups in total. The van der Waals surface area contributed by atoms with Gasteiger partial charge in [0, 0.05) is 11.3 Å². The Labute approximate surface area is 162 Å². The van der Waals surface area contributed by atoms with Crippen LogP contribution >= 0.6 is 11.3 Å². The average Bonchev–Trinajstić information content (AvgIpc) is 3.36. The van der Waals surface area contributed by atoms with Crippen molar-refractivity contribution in [3.63, 3.8) is 0 Å². The fourth-order valence-electron chi connectivity index (χ4n) is 3.16. The molecule has 0 saturated carbocycles. The van der Waals surface area contributed by atoms with Crippen LogP contribution in [0.2, 0.25) is 0 Å². The zero-order valence-electron chi connectivity index (χ0n) is 14.9. The lowest BCUT2D eigenvalue weighted by atomic mass is 10.1. The standard InChI is InChI=1S/C22H21N3OS/c26-21(13-12-17-9-6-14-27-17)23-20(15-16-7-2-1-3-8-16)22-24-18-10-4-5-11-19(18)25-22/h1-11,14,20H,12-13,15H2,(H,23,26)(H,24,25)/t20-/m0/s1. The van der Waals surface area contributed by atoms with Crippen molar-refractivity contribution >= 4 is 28.3 Å². The maximum absolute atomic E-state index is 12.6. The van der Waals surface area contributed by atoms with Crippen LogP contribution < -0.4 is 5.32 Å². The number of aryl methyl sites for hydroxylation is 1. The number of amides is 1. The van der Waals surface area contributed by atoms with E-state index in [0.29, 0.717) is 12.8 Å². The van der Waals surface area contributed by atoms with Crippen LogP contribution in [0.4, 0.5) is 0 Å². The third-order valence-electron chi connectivity index (χ3n) is 4.53. The summed E-state index contributed by atoms with van der Waals surface area (Å²) in [5.41, 5.74) is 3.07. The van der Waals surface area contributed by atoms with Crippen molar-refractivity contribution in [1.82, 2.24) is 15.3 Å². The van der Waals surface area contributed by atoms with Crippen molar-refractivity contribution in [2.45, 2.75) is 25.3 Å². The topological polar surface area (TPSA) is 57.8 Å². The van der Waals surface area contributed by atoms with Crippen LogP contribution in [-0.2, 0) is 17.6 Å². The molecular formula is C22H21N3OS. The van der Waals surface area contributed by atoms with Crippen LogP contribution in [0.5, 0.6) is 0 Å². The normalized spacial score (nSPS) is 12.1. The van der Waals surface area contributed by atoms with Gasteiger partial charge in [-0.2, -0.15) is 0 Å². The Morgan fingerprint density at radius 2 is 1.85 bits per heavy atom. The molecule has 2 aromatic carbocycles. The number of thiophene rings is 1. The second-order valence-electron chi connectivity index (χ2n) is 6.53. The van der Waals surface area contributed by atoms with E-state index in [2.05, 4.69) is 28.5 Å². The molecular weight excluding hydrogens is 354 g/mol. The van der Waals surface area contributed by atoms with Crippen LogP contribution in [0, 0.1) is 0 Å². The largest absolute Gasteiger partial charge is 0.346 e. The number of imidazole rings is 1. The summed E-state index contributed by atoms with van der Waals surface area (Å²) in [5.74, 6) is 0.842. The van der Waals surface area contributed by atoms with Crippen molar-refractivity contribution in [3.8, 4) is 0 Å². The first-order chi connectivity index (χ1) is 13.3. The predicted octanol–water partition coefficient (Wildman–Crippen LogP) is 4.66. The molecule has 0 fully saturated rings. The number of para-hydroxylation sites is 2. The van der Waals surface area contributed by atoms with Gasteiger partial charge in [-0.15, -0.1) is 11.3 Å². The van der Waals surface area contributed by atoms with Crippen molar-refractivity contribution in [2.75, 3.05) is 0 Å². The number of aromatic amines is 1. The Morgan fingerprint density at radius 3 is 2.63 bits per heavy atom. The minimum absolute atomic E-state index is 0.0461. The van der Waals surface area contributed by atoms with Crippen LogP contribution in [0.15, 0.2) is 72.1 Å². The highest BCUT2D eigenvalue weighted by atomic mass is 32.1. The fourth-order valence-corrected chi connectivity index (χ4v) is 3.87. The molecule has 27 heavy (non-hydrogen) atoms. The molecule has 0 aliphatic rings. The number of hydrogen-bond acceptors (Lipinski definition) is 3. The molecule has 0 spiro atoms. The Morgan fingerprint density at radius 1 is 1.04 bits per heavy atom. The van der Waals surface area contributed by atoms with Gasteiger partial charge in [0.05, 0.1) is 17.1 Å². The first-order valence-electron chi connectivity index (χ1n) is 9.08. The third kappa shape index (κ3) is 4.44. The van der Waals surface area contributed by atoms with Gasteiger partial charge in [0.2, 0.25) is 5.91 Å². The van der Waals surface area contributed by atoms with E-state index in [1.165, 1.54) is 10.4 Å². The van der Waals surface area contributed by atoms with Crippen molar-refractivity contribution in [2.24, 2.45) is 0 Å². The van der Waals surface area contributed by atoms with E-state index < -0.39 is 0 Å². The summed E-state index contributed by atoms with van der Waals surface area (Å²) in [4.78, 5) is 21.9. The summed E-state index contributed by atoms with van der Waals surface area (Å²) in [6.45, 7) is 0. The third-order valence-corrected chi connectivity index (χ3v) is 5.47. The molecule has 0 unspecified atom stereocenters. The SMILES string of the molecule is O=C(CCc1cccs1)N[C@@H](Cc1ccccc1)c1nc2ccccc2[nH]1. The quantitative estimate of drug-likeness (QED) is 0.494. The molecule has 136 valence electrons. The molecule has 5 heteroatoms. The highest BCUT2D eigenvalue weighted by Gasteiger charge is 2.19. The molecule has 0 bridgehead atoms. The second kappa shape index (κ2) is 8.18. The maximum atomic E-state index is 12.6. The number of H-pyrrole nitrogens is 1. The zero-order valence-corrected chi connectivity index (χ0v) is 15.7. The number of benzene rings is 2. The van der Waals surface area contributed by atoms with Crippen molar-refractivity contribution < 1.29 is 4.79 Å². The molecule has 4 nitrogen and oxygen atoms in total. The summed E-state index contributed by atoms with van der Waals surface area (Å²) in [5, 5.41) is 5.22. The Kier molecular flexibility index (Phi) is 5.30. The number of fused-ring (bicyclic) bond motifs is 1. The average molecular weight is 375 g/mol. The zero-order chi connectivity index (χ0) is 18.5. The summed E-state index contributed by atoms with van der Waals surface area (Å²) in [6, 6.07) is 22.0. The second-order valence-corrected chi connectivity index (χ2v) is 7.56. The molecule has 1 atom stereocenters. The minimum Gasteiger partial charge on any atom is -0.346 e. The van der Waals surface area contributed by atoms with Crippen LogP contribution in [0.1, 0.15) is 28.7 Å². The number of nitrogens with one attached hydrogen (secondary N) is 2. The summed E-state index contributed by atoms with van der Waals surface area (Å²) in [6.07, 6.45) is 1.94. The summed E-state index contributed by atoms with van der Waals surface area (Å²) in [7, 11) is 0. The van der Waals surface area contributed by atoms with Gasteiger partial charge < -0.3 is 10.3 Å². The number of aromatic nitrogens is 2. The minimum atomic E-state index is -0.185. The van der Waals surface area contributed by atoms with Gasteiger partial charge in [-0.25, -0.2) is 4.98 Å². The van der Waals surface area contributed by atoms with Gasteiger partial charge in [0.1, 0.15) is 5.82 Å². The molecule has 0 saturated heterocycles. The molecule has 2 heterocycles. The van der Waals surface area contributed by atoms with Crippen LogP contribution in [0.3, 0.4) is 0 Å². The van der Waals surface area contributed by atoms with E-state index in [1.54, 1.807) is 11.3 Å². The molecule has 0 aliphatic heterocycles. The Hall–Kier alpha value is -2.92. The Bertz CT molecular complexity index is 975. The smallest absolute Gasteiger partial charge is 0.220 e. The number of carbonyl (C=O) groups is 1. The fraction of sp³-hybridized carbons (Fsp3) is 0.182. The van der Waals surface area contributed by atoms with Crippen molar-refractivity contribution in [1.29, 1.82) is 0 Å². The lowest BCUT2D eigenvalue weighted by molar-refractivity contribution is -0.121. The van der Waals surface area contributed by atoms with Gasteiger partial charge in [0.25, 0.3) is 0 Å². The number of hydrogen-bond donors (Lipinski definition) is 2. The summed E-state index contributed by atoms with van der Waals surface area (Å²) < 4.78 is 0. The molecule has 4 rings (SSSR count). The van der Waals surface area contributed by atoms with Gasteiger partial charge in [-0.3, -0.25) is 4.79 Å². The number of carbonyl (C=O) groups excluding carboxylic acids is 1. The maximum Gasteiger partial charge on any atom is 0.220 e. The molecule has 0 radical (unpaired) electrons. The lowest BCUT2D eigenvalue weighted by Gasteiger charge is -2.17. The van der Waals surface area contributed by atoms with E-state index in [0.717, 1.165) is 23.3 Å². The van der Waals surface area contributed by atoms with Gasteiger partial charge >= 0.3 is 0 Å². The van der Waals surface area contributed by atoms with Gasteiger partial charge in [-0.05, 0) is 42.0 Å². The van der Waals surface area contributed by atoms with E-state index >= 15 is 0 Å². The van der Waals surface area contributed by atoms with Crippen LogP contribution in [-0.4, -0.2) is 15.9 Å². The number of rotatable bonds is 7. The molecule has 4 aromatic rings. The van der Waals surface area contributed by atoms with E-state index in [-0.39, 0.29) is 11.9 Å². The summed E-state index contributed by atoms with van der Waals surface area (Å²) >= 11 is 1.69. The van der Waals surface area contributed by atoms with E-state index in [1.807, 2.05) is 53.9 Å². The first kappa shape index (κ1) is 17.5. The van der Waals surface area contributed by atoms with Crippen LogP contribution in [0.25, 0.3) is 11.0 Å². The van der Waals surface area contributed by atoms with Crippen molar-refractivity contribution in [3.05, 3.63) is 88.4 Å². The highest BCUT2D eigenvalue weighted by Crippen LogP contribution is 2.20. The van der Waals surface area contributed by atoms with Gasteiger partial charge in [0.15, 0.2) is 0 Å². The molecule has 1 amide bonds. The highest BCUT2D eigenvalue weighted by molar-refractivity contribution is 7.09. The van der Waals surface area contributed by atoms with Gasteiger partial charge in [-0.1, -0.05) is 48.5 Å². The first-order valence-corrected chi connectivity index (χ1v) is 9.96. The number of nitrogens with zero attached hydrogens (tertiary/aromatic N) is 1. The lowest BCUT2D eigenvalue weighted by Crippen LogP contribution is -2.30. The van der Waals surface area contributed by atoms with E-state index in [9.17, 15) is 4.79 Å². The van der Waals surface area contributed by atoms with E-state index in [4.69, 9.17) is 4.98 Å². The Balaban J connectivity index is 1.52.